The van der Waals surface area contributed by atoms with E-state index in [4.69, 9.17) is 0 Å². The van der Waals surface area contributed by atoms with E-state index in [1.54, 1.807) is 0 Å². The highest BCUT2D eigenvalue weighted by Gasteiger charge is 2.18. The average Bonchev–Trinajstić information content (AvgIpc) is 2.09. The third-order valence-corrected chi connectivity index (χ3v) is 2.02. The number of nitrogens with zero attached hydrogens (tertiary/aromatic N) is 1. The number of carbonyl (C=O) groups excluding carboxylic acids is 1. The van der Waals surface area contributed by atoms with E-state index in [1.165, 1.54) is 13.0 Å². The van der Waals surface area contributed by atoms with Crippen LogP contribution in [0.2, 0.25) is 0 Å². The van der Waals surface area contributed by atoms with Crippen LogP contribution in [0.25, 0.3) is 0 Å². The Morgan fingerprint density at radius 2 is 2.20 bits per heavy atom. The van der Waals surface area contributed by atoms with Gasteiger partial charge in [0.05, 0.1) is 10.6 Å². The molecule has 0 aromatic heterocycles. The first-order chi connectivity index (χ1) is 6.91. The summed E-state index contributed by atoms with van der Waals surface area (Å²) in [4.78, 5) is 20.5. The Morgan fingerprint density at radius 3 is 2.67 bits per heavy atom. The van der Waals surface area contributed by atoms with Crippen molar-refractivity contribution in [3.63, 3.8) is 0 Å². The van der Waals surface area contributed by atoms with E-state index in [-0.39, 0.29) is 5.69 Å². The number of nitro groups is 1. The average molecular weight is 275 g/mol. The van der Waals surface area contributed by atoms with Crippen molar-refractivity contribution in [1.29, 1.82) is 0 Å². The second-order valence-electron chi connectivity index (χ2n) is 2.76. The van der Waals surface area contributed by atoms with Crippen molar-refractivity contribution in [3.05, 3.63) is 26.7 Å². The molecule has 0 aliphatic carbocycles. The van der Waals surface area contributed by atoms with Crippen LogP contribution in [0.5, 0.6) is 5.75 Å². The van der Waals surface area contributed by atoms with E-state index in [0.717, 1.165) is 6.07 Å². The van der Waals surface area contributed by atoms with Gasteiger partial charge in [-0.15, -0.1) is 0 Å². The predicted octanol–water partition coefficient (Wildman–Crippen LogP) is 2.02. The minimum absolute atomic E-state index is 0.00331. The fourth-order valence-corrected chi connectivity index (χ4v) is 1.45. The van der Waals surface area contributed by atoms with E-state index >= 15 is 0 Å². The largest absolute Gasteiger partial charge is 0.501 e. The highest BCUT2D eigenvalue weighted by molar-refractivity contribution is 9.10. The van der Waals surface area contributed by atoms with Crippen molar-refractivity contribution in [2.75, 3.05) is 5.32 Å². The molecule has 1 aromatic rings. The van der Waals surface area contributed by atoms with Crippen molar-refractivity contribution in [3.8, 4) is 5.75 Å². The van der Waals surface area contributed by atoms with Crippen LogP contribution in [0.3, 0.4) is 0 Å². The fourth-order valence-electron chi connectivity index (χ4n) is 1.01. The molecule has 0 radical (unpaired) electrons. The summed E-state index contributed by atoms with van der Waals surface area (Å²) in [6, 6.07) is 2.53. The van der Waals surface area contributed by atoms with Gasteiger partial charge >= 0.3 is 5.69 Å². The Labute approximate surface area is 93.2 Å². The van der Waals surface area contributed by atoms with Gasteiger partial charge in [0.2, 0.25) is 11.7 Å². The highest BCUT2D eigenvalue weighted by Crippen LogP contribution is 2.36. The van der Waals surface area contributed by atoms with Gasteiger partial charge in [0.1, 0.15) is 0 Å². The van der Waals surface area contributed by atoms with E-state index < -0.39 is 22.3 Å². The number of aromatic hydroxyl groups is 1. The number of hydrogen-bond acceptors (Lipinski definition) is 4. The maximum Gasteiger partial charge on any atom is 0.314 e. The lowest BCUT2D eigenvalue weighted by Gasteiger charge is -2.05. The Balaban J connectivity index is 3.28. The molecule has 7 heteroatoms. The first kappa shape index (κ1) is 11.4. The Kier molecular flexibility index (Phi) is 3.25. The van der Waals surface area contributed by atoms with Crippen LogP contribution in [0.1, 0.15) is 6.92 Å². The van der Waals surface area contributed by atoms with Gasteiger partial charge in [0.15, 0.2) is 0 Å². The molecule has 1 rings (SSSR count). The van der Waals surface area contributed by atoms with Gasteiger partial charge in [0, 0.05) is 17.5 Å². The molecule has 0 saturated heterocycles. The molecule has 0 unspecified atom stereocenters. The second kappa shape index (κ2) is 4.26. The Bertz CT molecular complexity index is 433. The molecule has 0 heterocycles. The van der Waals surface area contributed by atoms with E-state index in [0.29, 0.717) is 4.47 Å². The van der Waals surface area contributed by atoms with E-state index in [1.807, 2.05) is 0 Å². The molecular formula is C8H7BrN2O4. The number of amides is 1. The van der Waals surface area contributed by atoms with Crippen molar-refractivity contribution in [1.82, 2.24) is 0 Å². The van der Waals surface area contributed by atoms with Crippen LogP contribution >= 0.6 is 15.9 Å². The second-order valence-corrected chi connectivity index (χ2v) is 3.68. The van der Waals surface area contributed by atoms with Gasteiger partial charge in [0.25, 0.3) is 0 Å². The lowest BCUT2D eigenvalue weighted by molar-refractivity contribution is -0.385. The van der Waals surface area contributed by atoms with Gasteiger partial charge in [-0.05, 0) is 6.07 Å². The van der Waals surface area contributed by atoms with Crippen molar-refractivity contribution in [2.24, 2.45) is 0 Å². The van der Waals surface area contributed by atoms with Crippen molar-refractivity contribution in [2.45, 2.75) is 6.92 Å². The summed E-state index contributed by atoms with van der Waals surface area (Å²) in [5.74, 6) is -0.976. The molecule has 0 saturated carbocycles. The van der Waals surface area contributed by atoms with Crippen LogP contribution in [-0.2, 0) is 4.79 Å². The molecule has 0 aliphatic rings. The third kappa shape index (κ3) is 2.66. The number of phenols is 1. The molecule has 80 valence electrons. The van der Waals surface area contributed by atoms with Crippen LogP contribution in [0.15, 0.2) is 16.6 Å². The number of anilines is 1. The van der Waals surface area contributed by atoms with Crippen LogP contribution in [0.4, 0.5) is 11.4 Å². The zero-order valence-corrected chi connectivity index (χ0v) is 9.24. The summed E-state index contributed by atoms with van der Waals surface area (Å²) in [6.07, 6.45) is 0. The standard InChI is InChI=1S/C8H7BrN2O4/c1-4(12)10-6-2-5(9)3-7(8(6)13)11(14)15/h2-3,13H,1H3,(H,10,12). The Morgan fingerprint density at radius 1 is 1.60 bits per heavy atom. The lowest BCUT2D eigenvalue weighted by Crippen LogP contribution is -2.06. The fraction of sp³-hybridized carbons (Fsp3) is 0.125. The van der Waals surface area contributed by atoms with Crippen molar-refractivity contribution < 1.29 is 14.8 Å². The topological polar surface area (TPSA) is 92.5 Å². The summed E-state index contributed by atoms with van der Waals surface area (Å²) < 4.78 is 0.399. The van der Waals surface area contributed by atoms with Crippen LogP contribution in [0, 0.1) is 10.1 Å². The summed E-state index contributed by atoms with van der Waals surface area (Å²) in [7, 11) is 0. The lowest BCUT2D eigenvalue weighted by atomic mass is 10.2. The maximum atomic E-state index is 10.8. The van der Waals surface area contributed by atoms with Crippen LogP contribution < -0.4 is 5.32 Å². The summed E-state index contributed by atoms with van der Waals surface area (Å²) >= 11 is 3.04. The van der Waals surface area contributed by atoms with Gasteiger partial charge in [-0.25, -0.2) is 0 Å². The summed E-state index contributed by atoms with van der Waals surface area (Å²) in [6.45, 7) is 1.24. The first-order valence-corrected chi connectivity index (χ1v) is 4.65. The minimum atomic E-state index is -0.731. The number of rotatable bonds is 2. The monoisotopic (exact) mass is 274 g/mol. The maximum absolute atomic E-state index is 10.8. The van der Waals surface area contributed by atoms with Gasteiger partial charge in [-0.3, -0.25) is 14.9 Å². The number of nitrogens with one attached hydrogen (secondary N) is 1. The zero-order chi connectivity index (χ0) is 11.6. The smallest absolute Gasteiger partial charge is 0.314 e. The molecule has 1 aromatic carbocycles. The summed E-state index contributed by atoms with van der Waals surface area (Å²) in [5, 5.41) is 22.3. The molecule has 1 amide bonds. The summed E-state index contributed by atoms with van der Waals surface area (Å²) in [5.41, 5.74) is -0.461. The minimum Gasteiger partial charge on any atom is -0.501 e. The number of hydrogen-bond donors (Lipinski definition) is 2. The predicted molar refractivity (Wildman–Crippen MR) is 56.8 cm³/mol. The SMILES string of the molecule is CC(=O)Nc1cc(Br)cc([N+](=O)[O-])c1O. The van der Waals surface area contributed by atoms with E-state index in [2.05, 4.69) is 21.2 Å². The van der Waals surface area contributed by atoms with Crippen LogP contribution in [-0.4, -0.2) is 15.9 Å². The molecule has 0 spiro atoms. The van der Waals surface area contributed by atoms with E-state index in [9.17, 15) is 20.0 Å². The first-order valence-electron chi connectivity index (χ1n) is 3.86. The zero-order valence-electron chi connectivity index (χ0n) is 7.65. The molecule has 0 fully saturated rings. The molecule has 15 heavy (non-hydrogen) atoms. The molecule has 6 nitrogen and oxygen atoms in total. The normalized spacial score (nSPS) is 9.73. The molecule has 2 N–H and O–H groups in total. The number of carbonyl (C=O) groups is 1. The molecular weight excluding hydrogens is 268 g/mol. The van der Waals surface area contributed by atoms with Crippen molar-refractivity contribution >= 4 is 33.2 Å². The molecule has 0 bridgehead atoms. The number of nitro benzene ring substituents is 1. The Hall–Kier alpha value is -1.63. The van der Waals surface area contributed by atoms with Gasteiger partial charge in [-0.1, -0.05) is 15.9 Å². The molecule has 0 atom stereocenters. The van der Waals surface area contributed by atoms with Gasteiger partial charge < -0.3 is 10.4 Å². The third-order valence-electron chi connectivity index (χ3n) is 1.56. The van der Waals surface area contributed by atoms with Gasteiger partial charge in [-0.2, -0.15) is 0 Å². The number of benzene rings is 1. The highest BCUT2D eigenvalue weighted by atomic mass is 79.9. The number of phenolic OH excluding ortho intramolecular Hbond substituents is 1. The molecule has 0 aliphatic heterocycles. The number of halogens is 1. The quantitative estimate of drug-likeness (QED) is 0.490.